The number of hydrogen-bond donors (Lipinski definition) is 0. The third kappa shape index (κ3) is 4.04. The Hall–Kier alpha value is -2.52. The van der Waals surface area contributed by atoms with E-state index in [1.54, 1.807) is 23.9 Å². The van der Waals surface area contributed by atoms with Crippen molar-refractivity contribution in [2.75, 3.05) is 13.7 Å². The molecule has 1 fully saturated rings. The van der Waals surface area contributed by atoms with E-state index in [1.165, 1.54) is 6.07 Å². The first-order valence-electron chi connectivity index (χ1n) is 9.28. The first-order chi connectivity index (χ1) is 14.2. The molecule has 0 amide bonds. The van der Waals surface area contributed by atoms with E-state index < -0.39 is 11.9 Å². The zero-order chi connectivity index (χ0) is 21.5. The molecule has 3 heterocycles. The Kier molecular flexibility index (Phi) is 5.27. The number of carbonyl (C=O) groups excluding carboxylic acids is 1. The average Bonchev–Trinajstić information content (AvgIpc) is 3.33. The van der Waals surface area contributed by atoms with Crippen molar-refractivity contribution >= 4 is 23.0 Å². The zero-order valence-corrected chi connectivity index (χ0v) is 16.8. The second kappa shape index (κ2) is 7.63. The quantitative estimate of drug-likeness (QED) is 0.560. The molecule has 0 aromatic carbocycles. The number of methoxy groups -OCH3 is 1. The van der Waals surface area contributed by atoms with Gasteiger partial charge in [-0.2, -0.15) is 18.3 Å². The van der Waals surface area contributed by atoms with E-state index in [0.717, 1.165) is 30.8 Å². The lowest BCUT2D eigenvalue weighted by Crippen LogP contribution is -2.23. The predicted molar refractivity (Wildman–Crippen MR) is 102 cm³/mol. The molecule has 1 saturated carbocycles. The van der Waals surface area contributed by atoms with Crippen molar-refractivity contribution in [1.29, 1.82) is 0 Å². The van der Waals surface area contributed by atoms with E-state index in [9.17, 15) is 18.0 Å². The molecule has 0 radical (unpaired) electrons. The first-order valence-corrected chi connectivity index (χ1v) is 9.66. The molecule has 3 aromatic heterocycles. The van der Waals surface area contributed by atoms with Crippen LogP contribution in [-0.4, -0.2) is 39.1 Å². The van der Waals surface area contributed by atoms with Gasteiger partial charge in [-0.05, 0) is 30.5 Å². The summed E-state index contributed by atoms with van der Waals surface area (Å²) < 4.78 is 45.7. The Labute approximate surface area is 175 Å². The van der Waals surface area contributed by atoms with Crippen molar-refractivity contribution in [1.82, 2.24) is 19.6 Å². The smallest absolute Gasteiger partial charge is 0.384 e. The molecular formula is C20H18ClF3N4O2. The molecule has 1 aliphatic rings. The third-order valence-electron chi connectivity index (χ3n) is 5.21. The van der Waals surface area contributed by atoms with Crippen LogP contribution in [-0.2, 0) is 34.0 Å². The monoisotopic (exact) mass is 438 g/mol. The summed E-state index contributed by atoms with van der Waals surface area (Å²) in [4.78, 5) is 20.4. The molecule has 3 aromatic rings. The fraction of sp³-hybridized carbons (Fsp3) is 0.400. The highest BCUT2D eigenvalue weighted by molar-refractivity contribution is 6.29. The normalized spacial score (nSPS) is 15.5. The fourth-order valence-corrected chi connectivity index (χ4v) is 3.93. The van der Waals surface area contributed by atoms with Crippen molar-refractivity contribution in [2.24, 2.45) is 0 Å². The highest BCUT2D eigenvalue weighted by Crippen LogP contribution is 2.49. The minimum Gasteiger partial charge on any atom is -0.384 e. The summed E-state index contributed by atoms with van der Waals surface area (Å²) in [6.07, 6.45) is -0.252. The standard InChI is InChI=1S/C20H18ClF3N4O2/c1-30-11-19(3-4-19)18-13(10-26-17-9-16(21)27-28(17)18)8-14(29)6-12-2-5-25-15(7-12)20(22,23)24/h2,5,7,9-10H,3-4,6,8,11H2,1H3. The van der Waals surface area contributed by atoms with E-state index in [-0.39, 0.29) is 34.8 Å². The lowest BCUT2D eigenvalue weighted by molar-refractivity contribution is -0.141. The molecule has 4 rings (SSSR count). The Bertz CT molecular complexity index is 1110. The number of fused-ring (bicyclic) bond motifs is 1. The van der Waals surface area contributed by atoms with Gasteiger partial charge in [0.2, 0.25) is 0 Å². The second-order valence-corrected chi connectivity index (χ2v) is 7.91. The van der Waals surface area contributed by atoms with Crippen LogP contribution in [0.2, 0.25) is 5.15 Å². The average molecular weight is 439 g/mol. The van der Waals surface area contributed by atoms with E-state index in [2.05, 4.69) is 15.1 Å². The van der Waals surface area contributed by atoms with Crippen molar-refractivity contribution in [3.05, 3.63) is 58.3 Å². The molecule has 0 atom stereocenters. The first kappa shape index (κ1) is 20.7. The number of ketones is 1. The van der Waals surface area contributed by atoms with Crippen LogP contribution in [0.4, 0.5) is 13.2 Å². The number of aromatic nitrogens is 4. The number of ether oxygens (including phenoxy) is 1. The third-order valence-corrected chi connectivity index (χ3v) is 5.39. The molecule has 0 aliphatic heterocycles. The van der Waals surface area contributed by atoms with Gasteiger partial charge in [0.1, 0.15) is 11.5 Å². The maximum Gasteiger partial charge on any atom is 0.433 e. The topological polar surface area (TPSA) is 69.4 Å². The lowest BCUT2D eigenvalue weighted by Gasteiger charge is -2.19. The van der Waals surface area contributed by atoms with Crippen LogP contribution in [0, 0.1) is 0 Å². The summed E-state index contributed by atoms with van der Waals surface area (Å²) in [6.45, 7) is 0.462. The van der Waals surface area contributed by atoms with Crippen LogP contribution in [0.15, 0.2) is 30.6 Å². The minimum absolute atomic E-state index is 0.0187. The highest BCUT2D eigenvalue weighted by atomic mass is 35.5. The number of nitrogens with zero attached hydrogens (tertiary/aromatic N) is 4. The summed E-state index contributed by atoms with van der Waals surface area (Å²) in [5.41, 5.74) is 1.03. The molecule has 30 heavy (non-hydrogen) atoms. The summed E-state index contributed by atoms with van der Waals surface area (Å²) in [6, 6.07) is 3.95. The maximum absolute atomic E-state index is 12.9. The van der Waals surface area contributed by atoms with Gasteiger partial charge in [-0.15, -0.1) is 0 Å². The van der Waals surface area contributed by atoms with E-state index >= 15 is 0 Å². The maximum atomic E-state index is 12.9. The second-order valence-electron chi connectivity index (χ2n) is 7.52. The Balaban J connectivity index is 1.63. The summed E-state index contributed by atoms with van der Waals surface area (Å²) in [5, 5.41) is 4.60. The number of halogens is 4. The number of Topliss-reactive ketones (excluding diaryl/α,β-unsaturated/α-hetero) is 1. The van der Waals surface area contributed by atoms with Crippen molar-refractivity contribution in [2.45, 2.75) is 37.3 Å². The van der Waals surface area contributed by atoms with Gasteiger partial charge in [0.05, 0.1) is 12.3 Å². The lowest BCUT2D eigenvalue weighted by atomic mass is 9.94. The van der Waals surface area contributed by atoms with Gasteiger partial charge >= 0.3 is 6.18 Å². The van der Waals surface area contributed by atoms with Crippen LogP contribution in [0.3, 0.4) is 0 Å². The number of alkyl halides is 3. The number of hydrogen-bond acceptors (Lipinski definition) is 5. The number of pyridine rings is 1. The number of rotatable bonds is 7. The molecule has 0 N–H and O–H groups in total. The Morgan fingerprint density at radius 3 is 2.70 bits per heavy atom. The molecule has 0 saturated heterocycles. The molecule has 10 heteroatoms. The number of carbonyl (C=O) groups is 1. The zero-order valence-electron chi connectivity index (χ0n) is 16.0. The Morgan fingerprint density at radius 2 is 2.03 bits per heavy atom. The fourth-order valence-electron chi connectivity index (χ4n) is 3.75. The molecule has 6 nitrogen and oxygen atoms in total. The molecule has 1 aliphatic carbocycles. The van der Waals surface area contributed by atoms with Crippen LogP contribution in [0.25, 0.3) is 5.65 Å². The van der Waals surface area contributed by atoms with Gasteiger partial charge in [-0.1, -0.05) is 11.6 Å². The van der Waals surface area contributed by atoms with Gasteiger partial charge < -0.3 is 4.74 Å². The molecule has 0 bridgehead atoms. The Morgan fingerprint density at radius 1 is 1.27 bits per heavy atom. The minimum atomic E-state index is -4.56. The van der Waals surface area contributed by atoms with E-state index in [0.29, 0.717) is 17.8 Å². The molecular weight excluding hydrogens is 421 g/mol. The molecule has 0 unspecified atom stereocenters. The van der Waals surface area contributed by atoms with Crippen molar-refractivity contribution in [3.63, 3.8) is 0 Å². The van der Waals surface area contributed by atoms with E-state index in [4.69, 9.17) is 16.3 Å². The van der Waals surface area contributed by atoms with Gasteiger partial charge in [-0.25, -0.2) is 9.50 Å². The van der Waals surface area contributed by atoms with Crippen molar-refractivity contribution in [3.8, 4) is 0 Å². The predicted octanol–water partition coefficient (Wildman–Crippen LogP) is 3.83. The molecule has 158 valence electrons. The van der Waals surface area contributed by atoms with Crippen LogP contribution >= 0.6 is 11.6 Å². The summed E-state index contributed by atoms with van der Waals surface area (Å²) in [7, 11) is 1.61. The van der Waals surface area contributed by atoms with Crippen LogP contribution in [0.5, 0.6) is 0 Å². The van der Waals surface area contributed by atoms with Gasteiger partial charge in [0, 0.05) is 49.4 Å². The summed E-state index contributed by atoms with van der Waals surface area (Å²) >= 11 is 6.05. The van der Waals surface area contributed by atoms with Crippen LogP contribution in [0.1, 0.15) is 35.4 Å². The van der Waals surface area contributed by atoms with Crippen LogP contribution < -0.4 is 0 Å². The van der Waals surface area contributed by atoms with E-state index in [1.807, 2.05) is 0 Å². The SMILES string of the molecule is COCC1(c2c(CC(=O)Cc3ccnc(C(F)(F)F)c3)cnc3cc(Cl)nn23)CC1. The largest absolute Gasteiger partial charge is 0.433 e. The van der Waals surface area contributed by atoms with Gasteiger partial charge in [-0.3, -0.25) is 9.78 Å². The highest BCUT2D eigenvalue weighted by Gasteiger charge is 2.48. The van der Waals surface area contributed by atoms with Crippen molar-refractivity contribution < 1.29 is 22.7 Å². The van der Waals surface area contributed by atoms with Gasteiger partial charge in [0.15, 0.2) is 10.8 Å². The van der Waals surface area contributed by atoms with Gasteiger partial charge in [0.25, 0.3) is 0 Å². The summed E-state index contributed by atoms with van der Waals surface area (Å²) in [5.74, 6) is -0.233. The molecule has 0 spiro atoms.